The molecule has 2 aliphatic rings. The van der Waals surface area contributed by atoms with Crippen LogP contribution in [0.15, 0.2) is 30.3 Å². The van der Waals surface area contributed by atoms with Gasteiger partial charge in [0, 0.05) is 32.0 Å². The van der Waals surface area contributed by atoms with Gasteiger partial charge in [-0.15, -0.1) is 10.2 Å². The van der Waals surface area contributed by atoms with Gasteiger partial charge in [-0.25, -0.2) is 0 Å². The normalized spacial score (nSPS) is 20.3. The van der Waals surface area contributed by atoms with E-state index in [-0.39, 0.29) is 0 Å². The van der Waals surface area contributed by atoms with Gasteiger partial charge in [-0.3, -0.25) is 0 Å². The van der Waals surface area contributed by atoms with E-state index in [1.807, 2.05) is 35.0 Å². The molecule has 0 amide bonds. The Morgan fingerprint density at radius 2 is 1.81 bits per heavy atom. The molecule has 0 N–H and O–H groups in total. The van der Waals surface area contributed by atoms with Crippen molar-refractivity contribution in [2.75, 3.05) is 18.0 Å². The molecule has 0 aliphatic carbocycles. The quantitative estimate of drug-likeness (QED) is 0.710. The molecule has 2 aliphatic heterocycles. The Labute approximate surface area is 158 Å². The molecule has 1 fully saturated rings. The fourth-order valence-electron chi connectivity index (χ4n) is 4.29. The minimum atomic E-state index is 0.374. The zero-order valence-corrected chi connectivity index (χ0v) is 15.4. The molecule has 0 radical (unpaired) electrons. The summed E-state index contributed by atoms with van der Waals surface area (Å²) in [6, 6.07) is 10.1. The third-order valence-corrected chi connectivity index (χ3v) is 5.66. The fourth-order valence-corrected chi connectivity index (χ4v) is 4.29. The van der Waals surface area contributed by atoms with Gasteiger partial charge < -0.3 is 9.47 Å². The molecule has 1 unspecified atom stereocenters. The van der Waals surface area contributed by atoms with E-state index >= 15 is 0 Å². The number of para-hydroxylation sites is 1. The van der Waals surface area contributed by atoms with Crippen molar-refractivity contribution in [3.63, 3.8) is 0 Å². The van der Waals surface area contributed by atoms with Gasteiger partial charge >= 0.3 is 0 Å². The van der Waals surface area contributed by atoms with Crippen molar-refractivity contribution in [3.8, 4) is 5.69 Å². The van der Waals surface area contributed by atoms with Crippen molar-refractivity contribution < 1.29 is 0 Å². The van der Waals surface area contributed by atoms with Crippen LogP contribution in [0.1, 0.15) is 49.7 Å². The molecule has 0 spiro atoms. The maximum atomic E-state index is 4.59. The third kappa shape index (κ3) is 3.09. The first-order chi connectivity index (χ1) is 13.4. The Hall–Kier alpha value is -2.77. The number of rotatable bonds is 3. The smallest absolute Gasteiger partial charge is 0.250 e. The number of aromatic nitrogens is 7. The Morgan fingerprint density at radius 1 is 0.889 bits per heavy atom. The first-order valence-electron chi connectivity index (χ1n) is 9.91. The standard InChI is InChI=1S/C19H24N8/c1-3-9-16(10-4-1)27-19(22-23-24-27)25-12-7-8-15(14-25)18-21-20-17-11-5-2-6-13-26(17)18/h1,3-4,9-10,15H,2,5-8,11-14H2. The summed E-state index contributed by atoms with van der Waals surface area (Å²) < 4.78 is 4.20. The molecule has 1 atom stereocenters. The summed E-state index contributed by atoms with van der Waals surface area (Å²) >= 11 is 0. The first-order valence-corrected chi connectivity index (χ1v) is 9.91. The van der Waals surface area contributed by atoms with Gasteiger partial charge in [0.1, 0.15) is 11.6 Å². The van der Waals surface area contributed by atoms with Gasteiger partial charge in [-0.2, -0.15) is 4.68 Å². The van der Waals surface area contributed by atoms with Gasteiger partial charge in [-0.05, 0) is 48.2 Å². The van der Waals surface area contributed by atoms with Crippen molar-refractivity contribution in [2.24, 2.45) is 0 Å². The van der Waals surface area contributed by atoms with Crippen molar-refractivity contribution in [2.45, 2.75) is 51.0 Å². The van der Waals surface area contributed by atoms with E-state index in [0.29, 0.717) is 5.92 Å². The predicted molar refractivity (Wildman–Crippen MR) is 101 cm³/mol. The maximum absolute atomic E-state index is 4.59. The van der Waals surface area contributed by atoms with Crippen LogP contribution < -0.4 is 4.90 Å². The molecule has 0 bridgehead atoms. The molecular formula is C19H24N8. The van der Waals surface area contributed by atoms with E-state index < -0.39 is 0 Å². The number of piperidine rings is 1. The molecule has 5 rings (SSSR count). The number of benzene rings is 1. The number of hydrogen-bond acceptors (Lipinski definition) is 6. The summed E-state index contributed by atoms with van der Waals surface area (Å²) in [5.41, 5.74) is 0.982. The summed E-state index contributed by atoms with van der Waals surface area (Å²) in [6.07, 6.45) is 7.03. The van der Waals surface area contributed by atoms with Crippen molar-refractivity contribution in [1.82, 2.24) is 35.0 Å². The number of fused-ring (bicyclic) bond motifs is 1. The van der Waals surface area contributed by atoms with Crippen LogP contribution in [0.25, 0.3) is 5.69 Å². The average Bonchev–Trinajstić information content (AvgIpc) is 3.31. The van der Waals surface area contributed by atoms with Crippen molar-refractivity contribution >= 4 is 5.95 Å². The van der Waals surface area contributed by atoms with E-state index in [4.69, 9.17) is 0 Å². The summed E-state index contributed by atoms with van der Waals surface area (Å²) in [5.74, 6) is 3.49. The van der Waals surface area contributed by atoms with Gasteiger partial charge in [0.05, 0.1) is 5.69 Å². The number of tetrazole rings is 1. The molecule has 8 heteroatoms. The summed E-state index contributed by atoms with van der Waals surface area (Å²) in [4.78, 5) is 2.29. The van der Waals surface area contributed by atoms with Gasteiger partial charge in [-0.1, -0.05) is 29.7 Å². The van der Waals surface area contributed by atoms with Crippen LogP contribution >= 0.6 is 0 Å². The lowest BCUT2D eigenvalue weighted by Gasteiger charge is -2.32. The minimum absolute atomic E-state index is 0.374. The second-order valence-electron chi connectivity index (χ2n) is 7.45. The monoisotopic (exact) mass is 364 g/mol. The molecule has 27 heavy (non-hydrogen) atoms. The van der Waals surface area contributed by atoms with Gasteiger partial charge in [0.25, 0.3) is 0 Å². The number of nitrogens with zero attached hydrogens (tertiary/aromatic N) is 8. The summed E-state index contributed by atoms with van der Waals surface area (Å²) in [5, 5.41) is 21.5. The maximum Gasteiger partial charge on any atom is 0.250 e. The van der Waals surface area contributed by atoms with Crippen LogP contribution in [0, 0.1) is 0 Å². The topological polar surface area (TPSA) is 77.6 Å². The lowest BCUT2D eigenvalue weighted by Crippen LogP contribution is -2.37. The zero-order valence-electron chi connectivity index (χ0n) is 15.4. The second kappa shape index (κ2) is 7.09. The highest BCUT2D eigenvalue weighted by atomic mass is 15.6. The molecule has 3 aromatic rings. The van der Waals surface area contributed by atoms with E-state index in [2.05, 4.69) is 35.2 Å². The summed E-state index contributed by atoms with van der Waals surface area (Å²) in [7, 11) is 0. The average molecular weight is 364 g/mol. The first kappa shape index (κ1) is 16.4. The van der Waals surface area contributed by atoms with Crippen molar-refractivity contribution in [1.29, 1.82) is 0 Å². The predicted octanol–water partition coefficient (Wildman–Crippen LogP) is 2.36. The lowest BCUT2D eigenvalue weighted by atomic mass is 9.97. The highest BCUT2D eigenvalue weighted by molar-refractivity contribution is 5.41. The second-order valence-corrected chi connectivity index (χ2v) is 7.45. The Balaban J connectivity index is 1.42. The Bertz CT molecular complexity index is 900. The van der Waals surface area contributed by atoms with Gasteiger partial charge in [0.2, 0.25) is 5.95 Å². The van der Waals surface area contributed by atoms with Crippen molar-refractivity contribution in [3.05, 3.63) is 42.0 Å². The van der Waals surface area contributed by atoms with E-state index in [9.17, 15) is 0 Å². The Kier molecular flexibility index (Phi) is 4.31. The molecule has 1 saturated heterocycles. The molecule has 4 heterocycles. The highest BCUT2D eigenvalue weighted by Gasteiger charge is 2.29. The van der Waals surface area contributed by atoms with Crippen LogP contribution in [-0.4, -0.2) is 48.1 Å². The Morgan fingerprint density at radius 3 is 2.74 bits per heavy atom. The minimum Gasteiger partial charge on any atom is -0.339 e. The molecule has 140 valence electrons. The fraction of sp³-hybridized carbons (Fsp3) is 0.526. The molecule has 1 aromatic carbocycles. The van der Waals surface area contributed by atoms with Gasteiger partial charge in [0.15, 0.2) is 0 Å². The van der Waals surface area contributed by atoms with E-state index in [1.165, 1.54) is 19.3 Å². The number of anilines is 1. The number of aryl methyl sites for hydroxylation is 1. The third-order valence-electron chi connectivity index (χ3n) is 5.66. The van der Waals surface area contributed by atoms with Crippen LogP contribution in [0.3, 0.4) is 0 Å². The SMILES string of the molecule is c1ccc(-n2nnnc2N2CCCC(c3nnc4n3CCCCC4)C2)cc1. The molecule has 8 nitrogen and oxygen atoms in total. The van der Waals surface area contributed by atoms with E-state index in [1.54, 1.807) is 0 Å². The van der Waals surface area contributed by atoms with Crippen LogP contribution in [-0.2, 0) is 13.0 Å². The molecule has 2 aromatic heterocycles. The molecular weight excluding hydrogens is 340 g/mol. The summed E-state index contributed by atoms with van der Waals surface area (Å²) in [6.45, 7) is 2.89. The van der Waals surface area contributed by atoms with E-state index in [0.717, 1.165) is 62.2 Å². The zero-order chi connectivity index (χ0) is 18.1. The van der Waals surface area contributed by atoms with Crippen LogP contribution in [0.2, 0.25) is 0 Å². The van der Waals surface area contributed by atoms with Crippen LogP contribution in [0.4, 0.5) is 5.95 Å². The largest absolute Gasteiger partial charge is 0.339 e. The molecule has 0 saturated carbocycles. The lowest BCUT2D eigenvalue weighted by molar-refractivity contribution is 0.459. The van der Waals surface area contributed by atoms with Crippen LogP contribution in [0.5, 0.6) is 0 Å². The number of hydrogen-bond donors (Lipinski definition) is 0. The highest BCUT2D eigenvalue weighted by Crippen LogP contribution is 2.30.